The van der Waals surface area contributed by atoms with Gasteiger partial charge in [0.25, 0.3) is 0 Å². The summed E-state index contributed by atoms with van der Waals surface area (Å²) in [6.07, 6.45) is 1.82. The zero-order valence-electron chi connectivity index (χ0n) is 12.1. The van der Waals surface area contributed by atoms with Gasteiger partial charge in [-0.25, -0.2) is 9.78 Å². The smallest absolute Gasteiger partial charge is 0.357 e. The van der Waals surface area contributed by atoms with Crippen molar-refractivity contribution in [3.05, 3.63) is 59.9 Å². The molecule has 2 aromatic heterocycles. The van der Waals surface area contributed by atoms with E-state index in [0.29, 0.717) is 18.0 Å². The molecule has 0 aliphatic rings. The van der Waals surface area contributed by atoms with Crippen molar-refractivity contribution >= 4 is 27.5 Å². The SMILES string of the molecule is CCOC(=O)c1c(-c2ccc(CBr)cc2)nc2ccccn12. The molecule has 0 atom stereocenters. The van der Waals surface area contributed by atoms with Crippen LogP contribution in [0.2, 0.25) is 0 Å². The van der Waals surface area contributed by atoms with Crippen LogP contribution in [0.1, 0.15) is 23.0 Å². The highest BCUT2D eigenvalue weighted by molar-refractivity contribution is 9.08. The first-order chi connectivity index (χ1) is 10.7. The number of hydrogen-bond acceptors (Lipinski definition) is 3. The topological polar surface area (TPSA) is 43.6 Å². The minimum atomic E-state index is -0.360. The van der Waals surface area contributed by atoms with Crippen LogP contribution < -0.4 is 0 Å². The standard InChI is InChI=1S/C17H15BrN2O2/c1-2-22-17(21)16-15(13-8-6-12(11-18)7-9-13)19-14-5-3-4-10-20(14)16/h3-10H,2,11H2,1H3. The molecule has 0 aliphatic heterocycles. The van der Waals surface area contributed by atoms with Gasteiger partial charge in [-0.15, -0.1) is 0 Å². The van der Waals surface area contributed by atoms with Crippen LogP contribution in [0.5, 0.6) is 0 Å². The molecule has 0 saturated carbocycles. The van der Waals surface area contributed by atoms with Crippen LogP contribution in [0.25, 0.3) is 16.9 Å². The maximum absolute atomic E-state index is 12.3. The minimum Gasteiger partial charge on any atom is -0.461 e. The molecule has 3 aromatic rings. The summed E-state index contributed by atoms with van der Waals surface area (Å²) < 4.78 is 6.96. The second kappa shape index (κ2) is 6.32. The Morgan fingerprint density at radius 2 is 2.00 bits per heavy atom. The summed E-state index contributed by atoms with van der Waals surface area (Å²) in [6.45, 7) is 2.13. The zero-order valence-corrected chi connectivity index (χ0v) is 13.7. The number of carbonyl (C=O) groups excluding carboxylic acids is 1. The van der Waals surface area contributed by atoms with Gasteiger partial charge >= 0.3 is 5.97 Å². The molecule has 0 unspecified atom stereocenters. The largest absolute Gasteiger partial charge is 0.461 e. The van der Waals surface area contributed by atoms with Gasteiger partial charge in [0.05, 0.1) is 6.61 Å². The first kappa shape index (κ1) is 14.8. The number of aromatic nitrogens is 2. The Labute approximate surface area is 136 Å². The number of fused-ring (bicyclic) bond motifs is 1. The predicted molar refractivity (Wildman–Crippen MR) is 89.2 cm³/mol. The number of esters is 1. The van der Waals surface area contributed by atoms with E-state index in [1.165, 1.54) is 5.56 Å². The van der Waals surface area contributed by atoms with Crippen LogP contribution in [0.3, 0.4) is 0 Å². The van der Waals surface area contributed by atoms with E-state index in [0.717, 1.165) is 16.5 Å². The second-order valence-electron chi connectivity index (χ2n) is 4.79. The molecular weight excluding hydrogens is 344 g/mol. The summed E-state index contributed by atoms with van der Waals surface area (Å²) in [5, 5.41) is 0.795. The summed E-state index contributed by atoms with van der Waals surface area (Å²) in [6, 6.07) is 13.6. The van der Waals surface area contributed by atoms with E-state index in [9.17, 15) is 4.79 Å². The van der Waals surface area contributed by atoms with Crippen molar-refractivity contribution in [3.8, 4) is 11.3 Å². The summed E-state index contributed by atoms with van der Waals surface area (Å²) in [5.41, 5.74) is 3.90. The van der Waals surface area contributed by atoms with E-state index in [4.69, 9.17) is 4.74 Å². The van der Waals surface area contributed by atoms with Gasteiger partial charge in [0.2, 0.25) is 0 Å². The van der Waals surface area contributed by atoms with Crippen molar-refractivity contribution in [3.63, 3.8) is 0 Å². The van der Waals surface area contributed by atoms with Gasteiger partial charge in [0, 0.05) is 17.1 Å². The first-order valence-corrected chi connectivity index (χ1v) is 8.16. The van der Waals surface area contributed by atoms with Crippen molar-refractivity contribution in [1.82, 2.24) is 9.38 Å². The molecule has 0 spiro atoms. The molecule has 0 saturated heterocycles. The van der Waals surface area contributed by atoms with E-state index >= 15 is 0 Å². The highest BCUT2D eigenvalue weighted by Crippen LogP contribution is 2.26. The average molecular weight is 359 g/mol. The molecule has 0 amide bonds. The van der Waals surface area contributed by atoms with Gasteiger partial charge in [-0.3, -0.25) is 4.40 Å². The Bertz CT molecular complexity index is 809. The summed E-state index contributed by atoms with van der Waals surface area (Å²) >= 11 is 3.43. The Morgan fingerprint density at radius 1 is 1.23 bits per heavy atom. The number of imidazole rings is 1. The van der Waals surface area contributed by atoms with Crippen molar-refractivity contribution in [1.29, 1.82) is 0 Å². The van der Waals surface area contributed by atoms with Crippen LogP contribution in [-0.2, 0) is 10.1 Å². The van der Waals surface area contributed by atoms with Crippen molar-refractivity contribution in [2.45, 2.75) is 12.3 Å². The van der Waals surface area contributed by atoms with Gasteiger partial charge in [0.1, 0.15) is 11.3 Å². The number of rotatable bonds is 4. The number of nitrogens with zero attached hydrogens (tertiary/aromatic N) is 2. The maximum Gasteiger partial charge on any atom is 0.357 e. The summed E-state index contributed by atoms with van der Waals surface area (Å²) in [5.74, 6) is -0.360. The number of hydrogen-bond donors (Lipinski definition) is 0. The molecular formula is C17H15BrN2O2. The third-order valence-corrected chi connectivity index (χ3v) is 4.03. The van der Waals surface area contributed by atoms with Crippen LogP contribution in [0.15, 0.2) is 48.7 Å². The monoisotopic (exact) mass is 358 g/mol. The molecule has 0 bridgehead atoms. The van der Waals surface area contributed by atoms with E-state index in [-0.39, 0.29) is 5.97 Å². The van der Waals surface area contributed by atoms with Crippen LogP contribution in [0, 0.1) is 0 Å². The lowest BCUT2D eigenvalue weighted by atomic mass is 10.1. The predicted octanol–water partition coefficient (Wildman–Crippen LogP) is 4.07. The van der Waals surface area contributed by atoms with E-state index in [1.54, 1.807) is 11.3 Å². The molecule has 5 heteroatoms. The van der Waals surface area contributed by atoms with Crippen LogP contribution in [0.4, 0.5) is 0 Å². The maximum atomic E-state index is 12.3. The number of alkyl halides is 1. The lowest BCUT2D eigenvalue weighted by molar-refractivity contribution is 0.0519. The van der Waals surface area contributed by atoms with Crippen molar-refractivity contribution < 1.29 is 9.53 Å². The molecule has 22 heavy (non-hydrogen) atoms. The number of halogens is 1. The van der Waals surface area contributed by atoms with Gasteiger partial charge in [-0.05, 0) is 24.6 Å². The highest BCUT2D eigenvalue weighted by Gasteiger charge is 2.21. The Kier molecular flexibility index (Phi) is 4.24. The van der Waals surface area contributed by atoms with Crippen LogP contribution >= 0.6 is 15.9 Å². The summed E-state index contributed by atoms with van der Waals surface area (Å²) in [4.78, 5) is 16.9. The van der Waals surface area contributed by atoms with Crippen LogP contribution in [-0.4, -0.2) is 22.0 Å². The highest BCUT2D eigenvalue weighted by atomic mass is 79.9. The van der Waals surface area contributed by atoms with Gasteiger partial charge in [-0.2, -0.15) is 0 Å². The number of pyridine rings is 1. The van der Waals surface area contributed by atoms with Gasteiger partial charge < -0.3 is 4.74 Å². The fourth-order valence-corrected chi connectivity index (χ4v) is 2.72. The fraction of sp³-hybridized carbons (Fsp3) is 0.176. The third-order valence-electron chi connectivity index (χ3n) is 3.38. The molecule has 2 heterocycles. The molecule has 0 fully saturated rings. The molecule has 0 radical (unpaired) electrons. The second-order valence-corrected chi connectivity index (χ2v) is 5.35. The average Bonchev–Trinajstić information content (AvgIpc) is 2.94. The number of carbonyl (C=O) groups is 1. The summed E-state index contributed by atoms with van der Waals surface area (Å²) in [7, 11) is 0. The number of ether oxygens (including phenoxy) is 1. The Balaban J connectivity index is 2.18. The van der Waals surface area contributed by atoms with E-state index in [1.807, 2.05) is 48.7 Å². The van der Waals surface area contributed by atoms with Gasteiger partial charge in [-0.1, -0.05) is 46.3 Å². The molecule has 112 valence electrons. The molecule has 0 aliphatic carbocycles. The van der Waals surface area contributed by atoms with E-state index in [2.05, 4.69) is 20.9 Å². The molecule has 1 aromatic carbocycles. The first-order valence-electron chi connectivity index (χ1n) is 7.04. The normalized spacial score (nSPS) is 10.8. The van der Waals surface area contributed by atoms with E-state index < -0.39 is 0 Å². The Hall–Kier alpha value is -2.14. The molecule has 0 N–H and O–H groups in total. The minimum absolute atomic E-state index is 0.334. The quantitative estimate of drug-likeness (QED) is 0.521. The van der Waals surface area contributed by atoms with Crippen molar-refractivity contribution in [2.24, 2.45) is 0 Å². The lowest BCUT2D eigenvalue weighted by Gasteiger charge is -2.05. The fourth-order valence-electron chi connectivity index (χ4n) is 2.34. The number of benzene rings is 1. The molecule has 3 rings (SSSR count). The third kappa shape index (κ3) is 2.64. The lowest BCUT2D eigenvalue weighted by Crippen LogP contribution is -2.09. The Morgan fingerprint density at radius 3 is 2.68 bits per heavy atom. The van der Waals surface area contributed by atoms with Crippen molar-refractivity contribution in [2.75, 3.05) is 6.61 Å². The van der Waals surface area contributed by atoms with Gasteiger partial charge in [0.15, 0.2) is 5.69 Å². The zero-order chi connectivity index (χ0) is 15.5. The molecule has 4 nitrogen and oxygen atoms in total.